The zero-order valence-electron chi connectivity index (χ0n) is 25.7. The summed E-state index contributed by atoms with van der Waals surface area (Å²) in [7, 11) is 0. The molecule has 0 aromatic carbocycles. The molecule has 0 heterocycles. The normalized spacial score (nSPS) is 41.6. The van der Waals surface area contributed by atoms with Crippen LogP contribution in [0, 0.1) is 61.6 Å². The number of Topliss-reactive ketones (excluding diaryl/α,β-unsaturated/α-hetero) is 1. The second-order valence-corrected chi connectivity index (χ2v) is 15.7. The molecular weight excluding hydrogens is 540 g/mol. The van der Waals surface area contributed by atoms with Gasteiger partial charge in [0.15, 0.2) is 11.6 Å². The van der Waals surface area contributed by atoms with Gasteiger partial charge in [-0.1, -0.05) is 60.1 Å². The van der Waals surface area contributed by atoms with Crippen LogP contribution in [0.15, 0.2) is 23.3 Å². The van der Waals surface area contributed by atoms with Gasteiger partial charge in [0, 0.05) is 16.7 Å². The summed E-state index contributed by atoms with van der Waals surface area (Å²) in [6.45, 7) is 14.5. The molecule has 0 aromatic heterocycles. The number of allylic oxidation sites excluding steroid dienone is 4. The van der Waals surface area contributed by atoms with Gasteiger partial charge in [0.25, 0.3) is 0 Å². The Bertz CT molecular complexity index is 1380. The van der Waals surface area contributed by atoms with Crippen LogP contribution in [0.3, 0.4) is 0 Å². The van der Waals surface area contributed by atoms with E-state index in [2.05, 4.69) is 46.1 Å². The summed E-state index contributed by atoms with van der Waals surface area (Å²) in [5, 5.41) is 9.88. The zero-order chi connectivity index (χ0) is 31.3. The van der Waals surface area contributed by atoms with Gasteiger partial charge in [-0.3, -0.25) is 30.0 Å². The summed E-state index contributed by atoms with van der Waals surface area (Å²) < 4.78 is 25.8. The largest absolute Gasteiger partial charge is 0.317 e. The van der Waals surface area contributed by atoms with Crippen molar-refractivity contribution >= 4 is 23.4 Å². The Morgan fingerprint density at radius 1 is 0.976 bits per heavy atom. The lowest BCUT2D eigenvalue weighted by atomic mass is 9.34. The topological polar surface area (TPSA) is 116 Å². The Kier molecular flexibility index (Phi) is 6.77. The number of nitrogens with one attached hydrogen (secondary N) is 2. The minimum Gasteiger partial charge on any atom is -0.295 e. The molecule has 0 aromatic rings. The van der Waals surface area contributed by atoms with Gasteiger partial charge in [0.05, 0.1) is 11.0 Å². The lowest BCUT2D eigenvalue weighted by Gasteiger charge is -2.69. The molecule has 0 bridgehead atoms. The van der Waals surface area contributed by atoms with Crippen molar-refractivity contribution in [3.63, 3.8) is 0 Å². The number of nitriles is 1. The molecule has 9 heteroatoms. The first-order valence-electron chi connectivity index (χ1n) is 15.1. The summed E-state index contributed by atoms with van der Waals surface area (Å²) in [4.78, 5) is 53.1. The Balaban J connectivity index is 1.62. The Hall–Kier alpha value is -2.89. The van der Waals surface area contributed by atoms with Crippen molar-refractivity contribution in [2.75, 3.05) is 0 Å². The monoisotopic (exact) mass is 583 g/mol. The van der Waals surface area contributed by atoms with Crippen molar-refractivity contribution in [3.8, 4) is 6.07 Å². The van der Waals surface area contributed by atoms with E-state index in [0.29, 0.717) is 25.7 Å². The van der Waals surface area contributed by atoms with Crippen LogP contribution in [0.5, 0.6) is 0 Å². The molecule has 42 heavy (non-hydrogen) atoms. The molecule has 3 fully saturated rings. The molecule has 3 saturated carbocycles. The summed E-state index contributed by atoms with van der Waals surface area (Å²) in [5.41, 5.74) is 1.83. The molecule has 0 saturated heterocycles. The maximum absolute atomic E-state index is 14.5. The fourth-order valence-electron chi connectivity index (χ4n) is 10.3. The second kappa shape index (κ2) is 9.30. The van der Waals surface area contributed by atoms with Crippen LogP contribution in [0.25, 0.3) is 0 Å². The van der Waals surface area contributed by atoms with Crippen LogP contribution in [-0.2, 0) is 19.2 Å². The van der Waals surface area contributed by atoms with Crippen LogP contribution in [0.4, 0.5) is 8.78 Å². The van der Waals surface area contributed by atoms with Gasteiger partial charge in [-0.25, -0.2) is 0 Å². The van der Waals surface area contributed by atoms with Crippen LogP contribution in [0.1, 0.15) is 93.4 Å². The van der Waals surface area contributed by atoms with Crippen molar-refractivity contribution in [1.29, 1.82) is 5.26 Å². The van der Waals surface area contributed by atoms with E-state index in [0.717, 1.165) is 24.8 Å². The number of amides is 2. The number of carbonyl (C=O) groups is 4. The van der Waals surface area contributed by atoms with Gasteiger partial charge < -0.3 is 0 Å². The summed E-state index contributed by atoms with van der Waals surface area (Å²) in [6.07, 6.45) is 4.74. The first-order chi connectivity index (χ1) is 19.3. The number of ketones is 2. The first-order valence-corrected chi connectivity index (χ1v) is 15.1. The SMILES string of the molecule is CC1(C)CC[C@]2(C(=O)NNC(=O)C(F)F)CC[C@]3(C)[C@H](C(=O)C=C4[C@@]5(C)C=C(C#N)C(=O)C(C)(C)[C@@H]5CC[C@]43C)[C@@H]2C1. The third-order valence-corrected chi connectivity index (χ3v) is 12.8. The van der Waals surface area contributed by atoms with E-state index in [-0.39, 0.29) is 34.4 Å². The number of hydrogen-bond acceptors (Lipinski definition) is 5. The van der Waals surface area contributed by atoms with Crippen LogP contribution in [-0.4, -0.2) is 29.8 Å². The van der Waals surface area contributed by atoms with E-state index in [1.807, 2.05) is 19.3 Å². The lowest BCUT2D eigenvalue weighted by Crippen LogP contribution is -2.67. The number of halogens is 2. The minimum absolute atomic E-state index is 0.0512. The number of hydrazine groups is 1. The molecule has 5 rings (SSSR count). The molecule has 0 unspecified atom stereocenters. The molecular formula is C33H43F2N3O4. The number of nitrogens with zero attached hydrogens (tertiary/aromatic N) is 1. The van der Waals surface area contributed by atoms with Gasteiger partial charge >= 0.3 is 12.3 Å². The summed E-state index contributed by atoms with van der Waals surface area (Å²) in [5.74, 6) is -3.16. The Labute approximate surface area is 246 Å². The smallest absolute Gasteiger partial charge is 0.295 e. The Morgan fingerprint density at radius 3 is 2.24 bits per heavy atom. The predicted octanol–water partition coefficient (Wildman–Crippen LogP) is 5.62. The predicted molar refractivity (Wildman–Crippen MR) is 151 cm³/mol. The third-order valence-electron chi connectivity index (χ3n) is 12.8. The number of fused-ring (bicyclic) bond motifs is 7. The molecule has 0 aliphatic heterocycles. The quantitative estimate of drug-likeness (QED) is 0.410. The molecule has 5 aliphatic rings. The molecule has 5 aliphatic carbocycles. The lowest BCUT2D eigenvalue weighted by molar-refractivity contribution is -0.179. The van der Waals surface area contributed by atoms with Crippen molar-refractivity contribution < 1.29 is 28.0 Å². The molecule has 2 N–H and O–H groups in total. The van der Waals surface area contributed by atoms with E-state index < -0.39 is 51.2 Å². The highest BCUT2D eigenvalue weighted by Gasteiger charge is 2.70. The number of carbonyl (C=O) groups excluding carboxylic acids is 4. The van der Waals surface area contributed by atoms with Crippen molar-refractivity contribution in [2.45, 2.75) is 99.8 Å². The second-order valence-electron chi connectivity index (χ2n) is 15.7. The van der Waals surface area contributed by atoms with Crippen molar-refractivity contribution in [2.24, 2.45) is 50.2 Å². The van der Waals surface area contributed by atoms with Gasteiger partial charge in [-0.15, -0.1) is 0 Å². The standard InChI is InChI=1S/C33H43F2N3O4/c1-28(2)10-12-33(27(42)38-37-26(41)25(34)35)13-11-32(7)23(19(33)16-28)20(39)14-22-30(5)15-18(17-36)24(40)29(3,4)21(30)8-9-31(22,32)6/h14-15,19,21,23,25H,8-13,16H2,1-7H3,(H,37,41)(H,38,42)/t19-,21-,23-,30-,31+,32+,33-/m0/s1. The third kappa shape index (κ3) is 3.92. The molecule has 228 valence electrons. The van der Waals surface area contributed by atoms with Gasteiger partial charge in [-0.2, -0.15) is 14.0 Å². The number of hydrogen-bond donors (Lipinski definition) is 2. The Morgan fingerprint density at radius 2 is 1.62 bits per heavy atom. The van der Waals surface area contributed by atoms with Crippen molar-refractivity contribution in [3.05, 3.63) is 23.3 Å². The number of alkyl halides is 2. The van der Waals surface area contributed by atoms with E-state index in [1.54, 1.807) is 12.2 Å². The van der Waals surface area contributed by atoms with Crippen LogP contribution < -0.4 is 10.9 Å². The summed E-state index contributed by atoms with van der Waals surface area (Å²) in [6, 6.07) is 2.12. The van der Waals surface area contributed by atoms with Gasteiger partial charge in [0.2, 0.25) is 5.91 Å². The fraction of sp³-hybridized carbons (Fsp3) is 0.727. The summed E-state index contributed by atoms with van der Waals surface area (Å²) >= 11 is 0. The zero-order valence-corrected chi connectivity index (χ0v) is 25.7. The maximum Gasteiger partial charge on any atom is 0.317 e. The average molecular weight is 584 g/mol. The highest BCUT2D eigenvalue weighted by Crippen LogP contribution is 2.74. The van der Waals surface area contributed by atoms with E-state index in [9.17, 15) is 33.2 Å². The van der Waals surface area contributed by atoms with Crippen LogP contribution in [0.2, 0.25) is 0 Å². The highest BCUT2D eigenvalue weighted by molar-refractivity contribution is 6.04. The van der Waals surface area contributed by atoms with Gasteiger partial charge in [-0.05, 0) is 79.1 Å². The van der Waals surface area contributed by atoms with E-state index in [4.69, 9.17) is 0 Å². The van der Waals surface area contributed by atoms with E-state index in [1.165, 1.54) is 0 Å². The maximum atomic E-state index is 14.5. The molecule has 2 amide bonds. The molecule has 7 atom stereocenters. The van der Waals surface area contributed by atoms with E-state index >= 15 is 0 Å². The highest BCUT2D eigenvalue weighted by atomic mass is 19.3. The van der Waals surface area contributed by atoms with Gasteiger partial charge in [0.1, 0.15) is 6.07 Å². The minimum atomic E-state index is -3.26. The van der Waals surface area contributed by atoms with Crippen molar-refractivity contribution in [1.82, 2.24) is 10.9 Å². The molecule has 0 radical (unpaired) electrons. The molecule has 0 spiro atoms. The number of rotatable bonds is 2. The fourth-order valence-corrected chi connectivity index (χ4v) is 10.3. The first kappa shape index (κ1) is 30.6. The molecule has 7 nitrogen and oxygen atoms in total. The average Bonchev–Trinajstić information content (AvgIpc) is 2.90. The van der Waals surface area contributed by atoms with Crippen LogP contribution >= 0.6 is 0 Å².